The quantitative estimate of drug-likeness (QED) is 0.440. The number of ether oxygens (including phenoxy) is 2. The van der Waals surface area contributed by atoms with Crippen molar-refractivity contribution in [3.05, 3.63) is 0 Å². The lowest BCUT2D eigenvalue weighted by Crippen LogP contribution is -2.37. The van der Waals surface area contributed by atoms with E-state index in [1.54, 1.807) is 0 Å². The molecule has 0 heterocycles. The van der Waals surface area contributed by atoms with Crippen LogP contribution < -0.4 is 5.73 Å². The fourth-order valence-corrected chi connectivity index (χ4v) is 2.06. The lowest BCUT2D eigenvalue weighted by Gasteiger charge is -2.21. The molecule has 0 aromatic heterocycles. The van der Waals surface area contributed by atoms with Gasteiger partial charge < -0.3 is 15.2 Å². The summed E-state index contributed by atoms with van der Waals surface area (Å²) in [6, 6.07) is 0.0703. The Morgan fingerprint density at radius 3 is 2.82 bits per heavy atom. The zero-order chi connectivity index (χ0) is 12.5. The number of esters is 1. The normalized spacial score (nSPS) is 25.3. The zero-order valence-electron chi connectivity index (χ0n) is 10.8. The van der Waals surface area contributed by atoms with Gasteiger partial charge >= 0.3 is 5.97 Å². The van der Waals surface area contributed by atoms with Crippen molar-refractivity contribution in [2.45, 2.75) is 64.0 Å². The van der Waals surface area contributed by atoms with Crippen LogP contribution in [0.3, 0.4) is 0 Å². The summed E-state index contributed by atoms with van der Waals surface area (Å²) < 4.78 is 10.6. The van der Waals surface area contributed by atoms with Gasteiger partial charge in [0.25, 0.3) is 0 Å². The Bertz CT molecular complexity index is 221. The van der Waals surface area contributed by atoms with Crippen LogP contribution in [-0.2, 0) is 14.3 Å². The molecule has 0 amide bonds. The Balaban J connectivity index is 2.16. The van der Waals surface area contributed by atoms with Gasteiger partial charge in [0.05, 0.1) is 12.7 Å². The average molecular weight is 243 g/mol. The molecule has 0 spiro atoms. The van der Waals surface area contributed by atoms with Crippen LogP contribution >= 0.6 is 0 Å². The highest BCUT2D eigenvalue weighted by Crippen LogP contribution is 2.19. The summed E-state index contributed by atoms with van der Waals surface area (Å²) in [4.78, 5) is 11.4. The molecule has 1 aliphatic rings. The highest BCUT2D eigenvalue weighted by molar-refractivity contribution is 5.70. The van der Waals surface area contributed by atoms with E-state index in [1.807, 2.05) is 0 Å². The molecule has 0 saturated heterocycles. The van der Waals surface area contributed by atoms with E-state index < -0.39 is 0 Å². The van der Waals surface area contributed by atoms with Crippen LogP contribution in [0.2, 0.25) is 0 Å². The summed E-state index contributed by atoms with van der Waals surface area (Å²) in [5, 5.41) is 0. The summed E-state index contributed by atoms with van der Waals surface area (Å²) in [7, 11) is 0. The molecule has 2 N–H and O–H groups in total. The number of hydrogen-bond donors (Lipinski definition) is 1. The molecule has 4 heteroatoms. The highest BCUT2D eigenvalue weighted by atomic mass is 16.6. The van der Waals surface area contributed by atoms with E-state index in [-0.39, 0.29) is 24.7 Å². The molecule has 1 fully saturated rings. The van der Waals surface area contributed by atoms with Crippen molar-refractivity contribution < 1.29 is 14.3 Å². The van der Waals surface area contributed by atoms with Gasteiger partial charge in [-0.2, -0.15) is 0 Å². The molecule has 100 valence electrons. The fourth-order valence-electron chi connectivity index (χ4n) is 2.06. The van der Waals surface area contributed by atoms with E-state index in [1.165, 1.54) is 12.8 Å². The fraction of sp³-hybridized carbons (Fsp3) is 0.923. The van der Waals surface area contributed by atoms with Gasteiger partial charge in [-0.25, -0.2) is 4.79 Å². The summed E-state index contributed by atoms with van der Waals surface area (Å²) in [6.45, 7) is 2.60. The number of carbonyl (C=O) groups excluding carboxylic acids is 1. The second kappa shape index (κ2) is 8.48. The van der Waals surface area contributed by atoms with Crippen LogP contribution in [0.1, 0.15) is 51.9 Å². The lowest BCUT2D eigenvalue weighted by atomic mass is 10.1. The number of unbranched alkanes of at least 4 members (excludes halogenated alkanes) is 1. The van der Waals surface area contributed by atoms with Gasteiger partial charge in [0, 0.05) is 6.04 Å². The first-order valence-corrected chi connectivity index (χ1v) is 6.77. The second-order valence-corrected chi connectivity index (χ2v) is 4.73. The van der Waals surface area contributed by atoms with Crippen LogP contribution in [0.5, 0.6) is 0 Å². The van der Waals surface area contributed by atoms with E-state index in [9.17, 15) is 4.79 Å². The standard InChI is InChI=1S/C13H25NO3/c1-2-3-9-16-13(15)10-17-12-8-6-4-5-7-11(12)14/h11-12H,2-10,14H2,1H3. The maximum absolute atomic E-state index is 11.4. The average Bonchev–Trinajstić information content (AvgIpc) is 2.52. The third-order valence-corrected chi connectivity index (χ3v) is 3.18. The van der Waals surface area contributed by atoms with Gasteiger partial charge in [0.2, 0.25) is 0 Å². The first-order valence-electron chi connectivity index (χ1n) is 6.77. The predicted octanol–water partition coefficient (Wildman–Crippen LogP) is 2.01. The molecule has 1 rings (SSSR count). The van der Waals surface area contributed by atoms with E-state index in [4.69, 9.17) is 15.2 Å². The largest absolute Gasteiger partial charge is 0.464 e. The van der Waals surface area contributed by atoms with Gasteiger partial charge in [-0.15, -0.1) is 0 Å². The Morgan fingerprint density at radius 2 is 2.06 bits per heavy atom. The van der Waals surface area contributed by atoms with Gasteiger partial charge in [-0.3, -0.25) is 0 Å². The molecule has 0 bridgehead atoms. The maximum Gasteiger partial charge on any atom is 0.332 e. The minimum atomic E-state index is -0.269. The van der Waals surface area contributed by atoms with Crippen LogP contribution in [-0.4, -0.2) is 31.3 Å². The lowest BCUT2D eigenvalue weighted by molar-refractivity contribution is -0.151. The van der Waals surface area contributed by atoms with E-state index in [0.29, 0.717) is 6.61 Å². The van der Waals surface area contributed by atoms with E-state index in [0.717, 1.165) is 32.1 Å². The molecular weight excluding hydrogens is 218 g/mol. The molecular formula is C13H25NO3. The molecule has 17 heavy (non-hydrogen) atoms. The molecule has 1 aliphatic carbocycles. The predicted molar refractivity (Wildman–Crippen MR) is 66.7 cm³/mol. The monoisotopic (exact) mass is 243 g/mol. The summed E-state index contributed by atoms with van der Waals surface area (Å²) in [5.41, 5.74) is 6.01. The van der Waals surface area contributed by atoms with Gasteiger partial charge in [-0.05, 0) is 19.3 Å². The third kappa shape index (κ3) is 6.03. The minimum Gasteiger partial charge on any atom is -0.464 e. The maximum atomic E-state index is 11.4. The molecule has 0 aliphatic heterocycles. The third-order valence-electron chi connectivity index (χ3n) is 3.18. The number of nitrogens with two attached hydrogens (primary N) is 1. The smallest absolute Gasteiger partial charge is 0.332 e. The van der Waals surface area contributed by atoms with Crippen molar-refractivity contribution in [3.63, 3.8) is 0 Å². The Labute approximate surface area is 104 Å². The first kappa shape index (κ1) is 14.5. The molecule has 0 aromatic carbocycles. The van der Waals surface area contributed by atoms with Gasteiger partial charge in [-0.1, -0.05) is 32.6 Å². The van der Waals surface area contributed by atoms with Crippen molar-refractivity contribution in [3.8, 4) is 0 Å². The molecule has 2 unspecified atom stereocenters. The molecule has 0 radical (unpaired) electrons. The Morgan fingerprint density at radius 1 is 1.29 bits per heavy atom. The van der Waals surface area contributed by atoms with Gasteiger partial charge in [0.1, 0.15) is 6.61 Å². The van der Waals surface area contributed by atoms with Crippen LogP contribution in [0.15, 0.2) is 0 Å². The van der Waals surface area contributed by atoms with Crippen molar-refractivity contribution in [1.29, 1.82) is 0 Å². The van der Waals surface area contributed by atoms with Crippen LogP contribution in [0.4, 0.5) is 0 Å². The number of carbonyl (C=O) groups is 1. The Kier molecular flexibility index (Phi) is 7.21. The number of hydrogen-bond acceptors (Lipinski definition) is 4. The van der Waals surface area contributed by atoms with Gasteiger partial charge in [0.15, 0.2) is 0 Å². The molecule has 2 atom stereocenters. The van der Waals surface area contributed by atoms with E-state index in [2.05, 4.69) is 6.92 Å². The molecule has 4 nitrogen and oxygen atoms in total. The second-order valence-electron chi connectivity index (χ2n) is 4.73. The summed E-state index contributed by atoms with van der Waals surface area (Å²) >= 11 is 0. The van der Waals surface area contributed by atoms with Crippen molar-refractivity contribution in [2.75, 3.05) is 13.2 Å². The van der Waals surface area contributed by atoms with Crippen molar-refractivity contribution in [2.24, 2.45) is 5.73 Å². The van der Waals surface area contributed by atoms with Crippen LogP contribution in [0.25, 0.3) is 0 Å². The Hall–Kier alpha value is -0.610. The molecule has 1 saturated carbocycles. The zero-order valence-corrected chi connectivity index (χ0v) is 10.8. The highest BCUT2D eigenvalue weighted by Gasteiger charge is 2.21. The van der Waals surface area contributed by atoms with E-state index >= 15 is 0 Å². The minimum absolute atomic E-state index is 0.0243. The first-order chi connectivity index (χ1) is 8.24. The van der Waals surface area contributed by atoms with Crippen molar-refractivity contribution >= 4 is 5.97 Å². The van der Waals surface area contributed by atoms with Crippen molar-refractivity contribution in [1.82, 2.24) is 0 Å². The SMILES string of the molecule is CCCCOC(=O)COC1CCCCCC1N. The number of rotatable bonds is 6. The topological polar surface area (TPSA) is 61.5 Å². The summed E-state index contributed by atoms with van der Waals surface area (Å²) in [6.07, 6.45) is 7.45. The molecule has 0 aromatic rings. The van der Waals surface area contributed by atoms with Crippen LogP contribution in [0, 0.1) is 0 Å². The summed E-state index contributed by atoms with van der Waals surface area (Å²) in [5.74, 6) is -0.269.